The number of aromatic nitrogens is 3. The van der Waals surface area contributed by atoms with Crippen molar-refractivity contribution in [1.29, 1.82) is 0 Å². The third-order valence-corrected chi connectivity index (χ3v) is 6.12. The number of rotatable bonds is 2. The SMILES string of the molecule is CN1Cc2cc(Cl)ccc2-n2c(nnc2[C@@H]2CC=C(c3ccc(F)cc3)CC2)C1. The minimum atomic E-state index is -0.196. The van der Waals surface area contributed by atoms with Crippen LogP contribution in [0.4, 0.5) is 4.39 Å². The Balaban J connectivity index is 1.49. The first-order valence-corrected chi connectivity index (χ1v) is 10.3. The number of hydrogen-bond acceptors (Lipinski definition) is 3. The summed E-state index contributed by atoms with van der Waals surface area (Å²) in [6.45, 7) is 1.58. The zero-order chi connectivity index (χ0) is 20.0. The first-order valence-electron chi connectivity index (χ1n) is 9.95. The second-order valence-electron chi connectivity index (χ2n) is 7.96. The Kier molecular flexibility index (Phi) is 4.72. The van der Waals surface area contributed by atoms with E-state index in [9.17, 15) is 4.39 Å². The molecule has 3 aromatic rings. The average molecular weight is 409 g/mol. The molecule has 0 saturated carbocycles. The van der Waals surface area contributed by atoms with E-state index in [0.717, 1.165) is 60.3 Å². The maximum atomic E-state index is 13.2. The molecule has 4 nitrogen and oxygen atoms in total. The molecule has 0 bridgehead atoms. The smallest absolute Gasteiger partial charge is 0.151 e. The van der Waals surface area contributed by atoms with Gasteiger partial charge in [0, 0.05) is 17.5 Å². The van der Waals surface area contributed by atoms with Gasteiger partial charge >= 0.3 is 0 Å². The van der Waals surface area contributed by atoms with Gasteiger partial charge in [0.2, 0.25) is 0 Å². The van der Waals surface area contributed by atoms with E-state index in [1.165, 1.54) is 23.3 Å². The van der Waals surface area contributed by atoms with Crippen LogP contribution in [0.5, 0.6) is 0 Å². The number of halogens is 2. The van der Waals surface area contributed by atoms with Crippen LogP contribution in [0.25, 0.3) is 11.3 Å². The quantitative estimate of drug-likeness (QED) is 0.572. The summed E-state index contributed by atoms with van der Waals surface area (Å²) in [5.41, 5.74) is 4.70. The number of benzene rings is 2. The van der Waals surface area contributed by atoms with Crippen LogP contribution < -0.4 is 0 Å². The maximum absolute atomic E-state index is 13.2. The Bertz CT molecular complexity index is 1090. The van der Waals surface area contributed by atoms with Crippen molar-refractivity contribution in [2.24, 2.45) is 0 Å². The lowest BCUT2D eigenvalue weighted by Gasteiger charge is -2.23. The third kappa shape index (κ3) is 3.49. The van der Waals surface area contributed by atoms with Gasteiger partial charge in [-0.3, -0.25) is 9.47 Å². The van der Waals surface area contributed by atoms with E-state index in [-0.39, 0.29) is 5.82 Å². The molecule has 0 fully saturated rings. The lowest BCUT2D eigenvalue weighted by Crippen LogP contribution is -2.16. The van der Waals surface area contributed by atoms with E-state index in [2.05, 4.69) is 38.9 Å². The molecule has 2 heterocycles. The van der Waals surface area contributed by atoms with E-state index in [1.807, 2.05) is 24.3 Å². The number of nitrogens with zero attached hydrogens (tertiary/aromatic N) is 4. The molecule has 1 aliphatic heterocycles. The van der Waals surface area contributed by atoms with Crippen LogP contribution in [0.15, 0.2) is 48.5 Å². The van der Waals surface area contributed by atoms with E-state index >= 15 is 0 Å². The molecule has 6 heteroatoms. The fraction of sp³-hybridized carbons (Fsp3) is 0.304. The summed E-state index contributed by atoms with van der Waals surface area (Å²) in [7, 11) is 2.09. The first kappa shape index (κ1) is 18.5. The standard InChI is InChI=1S/C23H22ClFN4/c1-28-13-18-12-19(24)8-11-21(18)29-22(14-28)26-27-23(29)17-4-2-15(3-5-17)16-6-9-20(25)10-7-16/h2,6-12,17H,3-5,13-14H2,1H3/t17-/m1/s1. The normalized spacial score (nSPS) is 19.3. The molecule has 1 atom stereocenters. The molecular weight excluding hydrogens is 387 g/mol. The van der Waals surface area contributed by atoms with Crippen LogP contribution in [0.2, 0.25) is 5.02 Å². The zero-order valence-corrected chi connectivity index (χ0v) is 17.0. The number of fused-ring (bicyclic) bond motifs is 3. The summed E-state index contributed by atoms with van der Waals surface area (Å²) in [6, 6.07) is 12.8. The van der Waals surface area contributed by atoms with Crippen LogP contribution in [0.3, 0.4) is 0 Å². The summed E-state index contributed by atoms with van der Waals surface area (Å²) in [4.78, 5) is 2.24. The van der Waals surface area contributed by atoms with Gasteiger partial charge in [-0.15, -0.1) is 10.2 Å². The van der Waals surface area contributed by atoms with Crippen molar-refractivity contribution in [3.63, 3.8) is 0 Å². The highest BCUT2D eigenvalue weighted by Gasteiger charge is 2.28. The van der Waals surface area contributed by atoms with E-state index in [1.54, 1.807) is 0 Å². The minimum Gasteiger partial charge on any atom is -0.295 e. The Morgan fingerprint density at radius 2 is 1.90 bits per heavy atom. The second-order valence-corrected chi connectivity index (χ2v) is 8.40. The van der Waals surface area contributed by atoms with Crippen molar-refractivity contribution in [2.75, 3.05) is 7.05 Å². The second kappa shape index (κ2) is 7.39. The molecule has 2 aromatic carbocycles. The molecule has 0 radical (unpaired) electrons. The molecule has 29 heavy (non-hydrogen) atoms. The molecule has 1 aromatic heterocycles. The topological polar surface area (TPSA) is 34.0 Å². The highest BCUT2D eigenvalue weighted by molar-refractivity contribution is 6.30. The van der Waals surface area contributed by atoms with Gasteiger partial charge in [-0.05, 0) is 73.3 Å². The number of allylic oxidation sites excluding steroid dienone is 2. The molecule has 2 aliphatic rings. The van der Waals surface area contributed by atoms with Crippen molar-refractivity contribution < 1.29 is 4.39 Å². The van der Waals surface area contributed by atoms with Crippen LogP contribution in [-0.2, 0) is 13.1 Å². The van der Waals surface area contributed by atoms with Crippen LogP contribution in [0, 0.1) is 5.82 Å². The highest BCUT2D eigenvalue weighted by atomic mass is 35.5. The highest BCUT2D eigenvalue weighted by Crippen LogP contribution is 2.37. The van der Waals surface area contributed by atoms with E-state index in [0.29, 0.717) is 5.92 Å². The van der Waals surface area contributed by atoms with E-state index < -0.39 is 0 Å². The summed E-state index contributed by atoms with van der Waals surface area (Å²) in [6.07, 6.45) is 5.13. The summed E-state index contributed by atoms with van der Waals surface area (Å²) < 4.78 is 15.5. The van der Waals surface area contributed by atoms with Crippen molar-refractivity contribution in [3.8, 4) is 5.69 Å². The predicted molar refractivity (Wildman–Crippen MR) is 113 cm³/mol. The van der Waals surface area contributed by atoms with Crippen molar-refractivity contribution in [2.45, 2.75) is 38.3 Å². The summed E-state index contributed by atoms with van der Waals surface area (Å²) in [5.74, 6) is 2.11. The van der Waals surface area contributed by atoms with Crippen LogP contribution in [0.1, 0.15) is 48.0 Å². The van der Waals surface area contributed by atoms with Crippen molar-refractivity contribution in [3.05, 3.63) is 82.2 Å². The van der Waals surface area contributed by atoms with Gasteiger partial charge in [0.25, 0.3) is 0 Å². The average Bonchev–Trinajstić information content (AvgIpc) is 3.06. The molecule has 0 spiro atoms. The molecule has 148 valence electrons. The largest absolute Gasteiger partial charge is 0.295 e. The van der Waals surface area contributed by atoms with Gasteiger partial charge in [0.15, 0.2) is 5.82 Å². The lowest BCUT2D eigenvalue weighted by molar-refractivity contribution is 0.315. The van der Waals surface area contributed by atoms with Crippen molar-refractivity contribution in [1.82, 2.24) is 19.7 Å². The lowest BCUT2D eigenvalue weighted by atomic mass is 9.86. The Morgan fingerprint density at radius 3 is 2.66 bits per heavy atom. The van der Waals surface area contributed by atoms with Gasteiger partial charge in [-0.1, -0.05) is 29.8 Å². The monoisotopic (exact) mass is 408 g/mol. The molecule has 1 aliphatic carbocycles. The predicted octanol–water partition coefficient (Wildman–Crippen LogP) is 5.36. The maximum Gasteiger partial charge on any atom is 0.151 e. The molecule has 0 saturated heterocycles. The Labute approximate surface area is 174 Å². The van der Waals surface area contributed by atoms with Crippen molar-refractivity contribution >= 4 is 17.2 Å². The Morgan fingerprint density at radius 1 is 1.07 bits per heavy atom. The van der Waals surface area contributed by atoms with Gasteiger partial charge < -0.3 is 0 Å². The van der Waals surface area contributed by atoms with Crippen LogP contribution in [-0.4, -0.2) is 26.7 Å². The van der Waals surface area contributed by atoms with Gasteiger partial charge in [0.05, 0.1) is 12.2 Å². The fourth-order valence-corrected chi connectivity index (χ4v) is 4.64. The van der Waals surface area contributed by atoms with Gasteiger partial charge in [0.1, 0.15) is 11.6 Å². The summed E-state index contributed by atoms with van der Waals surface area (Å²) >= 11 is 6.26. The summed E-state index contributed by atoms with van der Waals surface area (Å²) in [5, 5.41) is 9.88. The van der Waals surface area contributed by atoms with Crippen LogP contribution >= 0.6 is 11.6 Å². The Hall–Kier alpha value is -2.50. The molecule has 0 unspecified atom stereocenters. The van der Waals surface area contributed by atoms with Gasteiger partial charge in [-0.2, -0.15) is 0 Å². The molecular formula is C23H22ClFN4. The van der Waals surface area contributed by atoms with Gasteiger partial charge in [-0.25, -0.2) is 4.39 Å². The zero-order valence-electron chi connectivity index (χ0n) is 16.3. The molecule has 0 amide bonds. The minimum absolute atomic E-state index is 0.196. The third-order valence-electron chi connectivity index (χ3n) is 5.88. The van der Waals surface area contributed by atoms with E-state index in [4.69, 9.17) is 11.6 Å². The number of hydrogen-bond donors (Lipinski definition) is 0. The molecule has 0 N–H and O–H groups in total. The first-order chi connectivity index (χ1) is 14.1. The fourth-order valence-electron chi connectivity index (χ4n) is 4.44. The molecule has 5 rings (SSSR count).